The molecule has 3 fully saturated rings. The number of hydrogen-bond acceptors (Lipinski definition) is 7. The molecular weight excluding hydrogens is 542 g/mol. The molecule has 0 saturated carbocycles. The van der Waals surface area contributed by atoms with Crippen molar-refractivity contribution in [2.75, 3.05) is 46.1 Å². The van der Waals surface area contributed by atoms with Crippen LogP contribution in [0.1, 0.15) is 32.1 Å². The van der Waals surface area contributed by atoms with Gasteiger partial charge in [0, 0.05) is 51.1 Å². The van der Waals surface area contributed by atoms with Gasteiger partial charge in [0.15, 0.2) is 0 Å². The lowest BCUT2D eigenvalue weighted by Gasteiger charge is -2.50. The van der Waals surface area contributed by atoms with Crippen LogP contribution in [-0.2, 0) is 19.1 Å². The van der Waals surface area contributed by atoms with Crippen molar-refractivity contribution >= 4 is 11.9 Å². The molecule has 1 aromatic rings. The molecule has 3 aliphatic rings. The van der Waals surface area contributed by atoms with E-state index in [9.17, 15) is 26.3 Å². The first kappa shape index (κ1) is 32.6. The first-order valence-corrected chi connectivity index (χ1v) is 12.3. The Morgan fingerprint density at radius 1 is 1.05 bits per heavy atom. The lowest BCUT2D eigenvalue weighted by molar-refractivity contribution is -0.193. The van der Waals surface area contributed by atoms with E-state index < -0.39 is 24.3 Å². The molecule has 222 valence electrons. The number of rotatable bonds is 5. The lowest BCUT2D eigenvalue weighted by Crippen LogP contribution is -2.58. The van der Waals surface area contributed by atoms with Crippen LogP contribution in [0.2, 0.25) is 0 Å². The highest BCUT2D eigenvalue weighted by Crippen LogP contribution is 2.41. The normalized spacial score (nSPS) is 24.2. The maximum atomic E-state index is 10.6. The summed E-state index contributed by atoms with van der Waals surface area (Å²) in [5, 5.41) is 14.2. The molecule has 3 saturated heterocycles. The van der Waals surface area contributed by atoms with E-state index in [0.717, 1.165) is 64.0 Å². The molecule has 4 heterocycles. The van der Waals surface area contributed by atoms with Gasteiger partial charge in [-0.2, -0.15) is 26.3 Å². The van der Waals surface area contributed by atoms with Gasteiger partial charge in [-0.15, -0.1) is 0 Å². The number of halogens is 6. The number of carbonyl (C=O) groups is 2. The molecule has 0 aliphatic carbocycles. The molecule has 0 amide bonds. The number of aliphatic carboxylic acids is 2. The van der Waals surface area contributed by atoms with Gasteiger partial charge in [-0.05, 0) is 50.2 Å². The fourth-order valence-corrected chi connectivity index (χ4v) is 4.70. The Bertz CT molecular complexity index is 873. The number of carboxylic acid groups (broad SMARTS) is 2. The Morgan fingerprint density at radius 3 is 2.21 bits per heavy atom. The van der Waals surface area contributed by atoms with E-state index in [1.807, 2.05) is 12.1 Å². The second-order valence-corrected chi connectivity index (χ2v) is 9.49. The average Bonchev–Trinajstić information content (AvgIpc) is 2.88. The van der Waals surface area contributed by atoms with Crippen molar-refractivity contribution < 1.29 is 60.4 Å². The van der Waals surface area contributed by atoms with Gasteiger partial charge in [0.2, 0.25) is 0 Å². The molecule has 2 N–H and O–H groups in total. The number of carboxylic acids is 2. The van der Waals surface area contributed by atoms with E-state index in [0.29, 0.717) is 6.10 Å². The highest BCUT2D eigenvalue weighted by molar-refractivity contribution is 5.73. The average molecular weight is 575 g/mol. The topological polar surface area (TPSA) is 118 Å². The summed E-state index contributed by atoms with van der Waals surface area (Å²) < 4.78 is 81.3. The van der Waals surface area contributed by atoms with Crippen molar-refractivity contribution in [1.82, 2.24) is 9.88 Å². The van der Waals surface area contributed by atoms with Crippen LogP contribution in [0.15, 0.2) is 24.5 Å². The van der Waals surface area contributed by atoms with Gasteiger partial charge in [-0.25, -0.2) is 9.59 Å². The predicted octanol–water partition coefficient (Wildman–Crippen LogP) is 4.02. The fraction of sp³-hybridized carbons (Fsp3) is 0.708. The van der Waals surface area contributed by atoms with Crippen LogP contribution in [0.3, 0.4) is 0 Å². The SMILES string of the molecule is O=C(O)C(F)(F)F.O=C(O)C(F)(F)F.c1cncc(OCC23CCCOC2CCN(CC2CCOCC2)C3)c1. The molecule has 2 atom stereocenters. The predicted molar refractivity (Wildman–Crippen MR) is 123 cm³/mol. The van der Waals surface area contributed by atoms with Gasteiger partial charge < -0.3 is 29.3 Å². The Kier molecular flexibility index (Phi) is 12.2. The van der Waals surface area contributed by atoms with Gasteiger partial charge >= 0.3 is 24.3 Å². The third-order valence-corrected chi connectivity index (χ3v) is 6.57. The lowest BCUT2D eigenvalue weighted by atomic mass is 9.72. The van der Waals surface area contributed by atoms with Crippen molar-refractivity contribution in [2.45, 2.75) is 50.6 Å². The molecule has 0 bridgehead atoms. The minimum absolute atomic E-state index is 0.123. The standard InChI is InChI=1S/C20H30N2O3.2C2HF3O2/c1-3-18(13-21-8-1)25-16-20-7-2-10-24-19(20)4-9-22(15-20)14-17-5-11-23-12-6-17;2*3-2(4,5)1(6)7/h1,3,8,13,17,19H,2,4-7,9-12,14-16H2;2*(H,6,7). The van der Waals surface area contributed by atoms with E-state index in [2.05, 4.69) is 9.88 Å². The monoisotopic (exact) mass is 574 g/mol. The van der Waals surface area contributed by atoms with Crippen molar-refractivity contribution in [3.8, 4) is 5.75 Å². The van der Waals surface area contributed by atoms with Gasteiger partial charge in [-0.3, -0.25) is 4.98 Å². The molecule has 9 nitrogen and oxygen atoms in total. The molecule has 0 aromatic carbocycles. The summed E-state index contributed by atoms with van der Waals surface area (Å²) in [7, 11) is 0. The quantitative estimate of drug-likeness (QED) is 0.503. The third kappa shape index (κ3) is 11.2. The van der Waals surface area contributed by atoms with E-state index >= 15 is 0 Å². The Labute approximate surface area is 221 Å². The van der Waals surface area contributed by atoms with Crippen molar-refractivity contribution in [2.24, 2.45) is 11.3 Å². The first-order chi connectivity index (χ1) is 18.2. The number of piperidine rings is 1. The van der Waals surface area contributed by atoms with Crippen LogP contribution >= 0.6 is 0 Å². The summed E-state index contributed by atoms with van der Waals surface area (Å²) in [6.45, 7) is 6.93. The van der Waals surface area contributed by atoms with Crippen molar-refractivity contribution in [3.63, 3.8) is 0 Å². The minimum Gasteiger partial charge on any atom is -0.491 e. The van der Waals surface area contributed by atoms with Crippen LogP contribution < -0.4 is 4.74 Å². The summed E-state index contributed by atoms with van der Waals surface area (Å²) in [4.78, 5) is 24.6. The number of hydrogen-bond donors (Lipinski definition) is 2. The van der Waals surface area contributed by atoms with Crippen LogP contribution in [0.4, 0.5) is 26.3 Å². The zero-order chi connectivity index (χ0) is 29.1. The maximum Gasteiger partial charge on any atom is 0.490 e. The highest BCUT2D eigenvalue weighted by Gasteiger charge is 2.47. The zero-order valence-electron chi connectivity index (χ0n) is 21.0. The summed E-state index contributed by atoms with van der Waals surface area (Å²) in [6.07, 6.45) is -0.374. The number of nitrogens with zero attached hydrogens (tertiary/aromatic N) is 2. The second kappa shape index (κ2) is 14.7. The highest BCUT2D eigenvalue weighted by atomic mass is 19.4. The van der Waals surface area contributed by atoms with E-state index in [-0.39, 0.29) is 5.41 Å². The number of likely N-dealkylation sites (tertiary alicyclic amines) is 1. The second-order valence-electron chi connectivity index (χ2n) is 9.49. The van der Waals surface area contributed by atoms with Crippen molar-refractivity contribution in [1.29, 1.82) is 0 Å². The Morgan fingerprint density at radius 2 is 1.67 bits per heavy atom. The Hall–Kier alpha value is -2.65. The number of pyridine rings is 1. The van der Waals surface area contributed by atoms with E-state index in [1.165, 1.54) is 25.8 Å². The third-order valence-electron chi connectivity index (χ3n) is 6.57. The van der Waals surface area contributed by atoms with Crippen molar-refractivity contribution in [3.05, 3.63) is 24.5 Å². The molecule has 0 spiro atoms. The summed E-state index contributed by atoms with van der Waals surface area (Å²) in [6, 6.07) is 3.92. The van der Waals surface area contributed by atoms with Gasteiger partial charge in [-0.1, -0.05) is 0 Å². The van der Waals surface area contributed by atoms with E-state index in [4.69, 9.17) is 34.0 Å². The van der Waals surface area contributed by atoms with Crippen LogP contribution in [0, 0.1) is 11.3 Å². The number of fused-ring (bicyclic) bond motifs is 1. The minimum atomic E-state index is -5.08. The molecule has 15 heteroatoms. The maximum absolute atomic E-state index is 10.6. The number of ether oxygens (including phenoxy) is 3. The number of aromatic nitrogens is 1. The molecule has 3 aliphatic heterocycles. The fourth-order valence-electron chi connectivity index (χ4n) is 4.70. The van der Waals surface area contributed by atoms with Crippen LogP contribution in [-0.4, -0.2) is 96.6 Å². The zero-order valence-corrected chi connectivity index (χ0v) is 21.0. The van der Waals surface area contributed by atoms with Crippen LogP contribution in [0.25, 0.3) is 0 Å². The molecule has 39 heavy (non-hydrogen) atoms. The molecule has 2 unspecified atom stereocenters. The summed E-state index contributed by atoms with van der Waals surface area (Å²) >= 11 is 0. The van der Waals surface area contributed by atoms with Gasteiger partial charge in [0.05, 0.1) is 18.9 Å². The molecule has 1 aromatic heterocycles. The van der Waals surface area contributed by atoms with E-state index in [1.54, 1.807) is 12.4 Å². The van der Waals surface area contributed by atoms with Gasteiger partial charge in [0.1, 0.15) is 5.75 Å². The smallest absolute Gasteiger partial charge is 0.490 e. The van der Waals surface area contributed by atoms with Gasteiger partial charge in [0.25, 0.3) is 0 Å². The largest absolute Gasteiger partial charge is 0.491 e. The summed E-state index contributed by atoms with van der Waals surface area (Å²) in [5.74, 6) is -3.87. The number of alkyl halides is 6. The van der Waals surface area contributed by atoms with Crippen LogP contribution in [0.5, 0.6) is 5.75 Å². The molecule has 0 radical (unpaired) electrons. The molecule has 4 rings (SSSR count). The summed E-state index contributed by atoms with van der Waals surface area (Å²) in [5.41, 5.74) is 0.123. The first-order valence-electron chi connectivity index (χ1n) is 12.3. The Balaban J connectivity index is 0.000000317. The molecular formula is C24H32F6N2O7.